The number of aromatic nitrogens is 1. The van der Waals surface area contributed by atoms with Crippen molar-refractivity contribution in [3.05, 3.63) is 53.7 Å². The SMILES string of the molecule is O=C(/C=C/c1ccco1)Nc1ccnc(Cl)c1. The molecule has 0 atom stereocenters. The summed E-state index contributed by atoms with van der Waals surface area (Å²) in [5.74, 6) is 0.358. The van der Waals surface area contributed by atoms with Crippen LogP contribution in [-0.4, -0.2) is 10.9 Å². The molecule has 0 aliphatic rings. The van der Waals surface area contributed by atoms with E-state index < -0.39 is 0 Å². The van der Waals surface area contributed by atoms with Crippen molar-refractivity contribution < 1.29 is 9.21 Å². The first kappa shape index (κ1) is 11.4. The van der Waals surface area contributed by atoms with E-state index >= 15 is 0 Å². The van der Waals surface area contributed by atoms with Crippen molar-refractivity contribution in [1.82, 2.24) is 4.98 Å². The van der Waals surface area contributed by atoms with Crippen LogP contribution < -0.4 is 5.32 Å². The first-order valence-electron chi connectivity index (χ1n) is 4.88. The Hall–Kier alpha value is -2.07. The average molecular weight is 249 g/mol. The molecule has 86 valence electrons. The van der Waals surface area contributed by atoms with E-state index in [9.17, 15) is 4.79 Å². The molecule has 17 heavy (non-hydrogen) atoms. The Labute approximate surface area is 103 Å². The first-order valence-corrected chi connectivity index (χ1v) is 5.26. The lowest BCUT2D eigenvalue weighted by molar-refractivity contribution is -0.111. The number of carbonyl (C=O) groups excluding carboxylic acids is 1. The van der Waals surface area contributed by atoms with Gasteiger partial charge < -0.3 is 9.73 Å². The third-order valence-corrected chi connectivity index (χ3v) is 2.14. The molecular weight excluding hydrogens is 240 g/mol. The number of halogens is 1. The van der Waals surface area contributed by atoms with E-state index in [4.69, 9.17) is 16.0 Å². The highest BCUT2D eigenvalue weighted by Crippen LogP contribution is 2.12. The molecule has 2 heterocycles. The largest absolute Gasteiger partial charge is 0.465 e. The fourth-order valence-electron chi connectivity index (χ4n) is 1.21. The number of pyridine rings is 1. The minimum Gasteiger partial charge on any atom is -0.465 e. The van der Waals surface area contributed by atoms with Gasteiger partial charge in [0.2, 0.25) is 5.91 Å². The fraction of sp³-hybridized carbons (Fsp3) is 0. The molecule has 0 aliphatic heterocycles. The number of hydrogen-bond donors (Lipinski definition) is 1. The van der Waals surface area contributed by atoms with Gasteiger partial charge in [0.05, 0.1) is 6.26 Å². The van der Waals surface area contributed by atoms with Gasteiger partial charge in [0.25, 0.3) is 0 Å². The Bertz CT molecular complexity index is 535. The second-order valence-electron chi connectivity index (χ2n) is 3.21. The summed E-state index contributed by atoms with van der Waals surface area (Å²) >= 11 is 5.69. The Balaban J connectivity index is 1.98. The number of furan rings is 1. The van der Waals surface area contributed by atoms with Crippen molar-refractivity contribution >= 4 is 29.3 Å². The van der Waals surface area contributed by atoms with Gasteiger partial charge in [-0.05, 0) is 30.3 Å². The zero-order chi connectivity index (χ0) is 12.1. The van der Waals surface area contributed by atoms with Crippen LogP contribution in [0.3, 0.4) is 0 Å². The summed E-state index contributed by atoms with van der Waals surface area (Å²) in [7, 11) is 0. The molecule has 2 aromatic heterocycles. The molecule has 1 N–H and O–H groups in total. The quantitative estimate of drug-likeness (QED) is 0.671. The number of amides is 1. The van der Waals surface area contributed by atoms with Crippen molar-refractivity contribution in [2.75, 3.05) is 5.32 Å². The highest BCUT2D eigenvalue weighted by atomic mass is 35.5. The van der Waals surface area contributed by atoms with Crippen molar-refractivity contribution in [1.29, 1.82) is 0 Å². The van der Waals surface area contributed by atoms with Crippen LogP contribution in [0.1, 0.15) is 5.76 Å². The maximum atomic E-state index is 11.5. The van der Waals surface area contributed by atoms with Crippen LogP contribution in [0.25, 0.3) is 6.08 Å². The van der Waals surface area contributed by atoms with E-state index in [1.165, 1.54) is 12.3 Å². The van der Waals surface area contributed by atoms with E-state index in [0.717, 1.165) is 0 Å². The Kier molecular flexibility index (Phi) is 3.57. The average Bonchev–Trinajstić information content (AvgIpc) is 2.79. The third-order valence-electron chi connectivity index (χ3n) is 1.94. The number of nitrogens with zero attached hydrogens (tertiary/aromatic N) is 1. The van der Waals surface area contributed by atoms with E-state index in [-0.39, 0.29) is 5.91 Å². The molecule has 0 saturated heterocycles. The van der Waals surface area contributed by atoms with Gasteiger partial charge in [0.1, 0.15) is 10.9 Å². The van der Waals surface area contributed by atoms with Gasteiger partial charge in [-0.15, -0.1) is 0 Å². The standard InChI is InChI=1S/C12H9ClN2O2/c13-11-8-9(5-6-14-11)15-12(16)4-3-10-2-1-7-17-10/h1-8H,(H,14,15,16)/b4-3+. The van der Waals surface area contributed by atoms with Crippen LogP contribution in [-0.2, 0) is 4.79 Å². The van der Waals surface area contributed by atoms with E-state index in [2.05, 4.69) is 10.3 Å². The maximum absolute atomic E-state index is 11.5. The molecule has 0 aromatic carbocycles. The molecule has 2 aromatic rings. The van der Waals surface area contributed by atoms with Crippen molar-refractivity contribution in [2.45, 2.75) is 0 Å². The summed E-state index contributed by atoms with van der Waals surface area (Å²) < 4.78 is 5.06. The Morgan fingerprint density at radius 1 is 1.47 bits per heavy atom. The summed E-state index contributed by atoms with van der Waals surface area (Å²) in [5, 5.41) is 2.98. The summed E-state index contributed by atoms with van der Waals surface area (Å²) in [6.07, 6.45) is 6.03. The lowest BCUT2D eigenvalue weighted by atomic mass is 10.3. The molecule has 0 bridgehead atoms. The predicted octanol–water partition coefficient (Wildman–Crippen LogP) is 2.98. The summed E-state index contributed by atoms with van der Waals surface area (Å²) in [6.45, 7) is 0. The van der Waals surface area contributed by atoms with Crippen LogP contribution in [0.15, 0.2) is 47.2 Å². The molecule has 0 saturated carbocycles. The molecule has 0 unspecified atom stereocenters. The zero-order valence-electron chi connectivity index (χ0n) is 8.76. The minimum absolute atomic E-state index is 0.260. The lowest BCUT2D eigenvalue weighted by Crippen LogP contribution is -2.07. The van der Waals surface area contributed by atoms with Gasteiger partial charge in [0, 0.05) is 18.0 Å². The molecule has 2 rings (SSSR count). The van der Waals surface area contributed by atoms with Crippen LogP contribution in [0.5, 0.6) is 0 Å². The van der Waals surface area contributed by atoms with E-state index in [0.29, 0.717) is 16.6 Å². The number of nitrogens with one attached hydrogen (secondary N) is 1. The van der Waals surface area contributed by atoms with Crippen LogP contribution in [0.2, 0.25) is 5.15 Å². The predicted molar refractivity (Wildman–Crippen MR) is 65.6 cm³/mol. The van der Waals surface area contributed by atoms with Crippen molar-refractivity contribution in [2.24, 2.45) is 0 Å². The Morgan fingerprint density at radius 2 is 2.35 bits per heavy atom. The van der Waals surface area contributed by atoms with Gasteiger partial charge in [-0.2, -0.15) is 0 Å². The van der Waals surface area contributed by atoms with Crippen LogP contribution in [0.4, 0.5) is 5.69 Å². The topological polar surface area (TPSA) is 55.1 Å². The lowest BCUT2D eigenvalue weighted by Gasteiger charge is -2.00. The fourth-order valence-corrected chi connectivity index (χ4v) is 1.38. The summed E-state index contributed by atoms with van der Waals surface area (Å²) in [5.41, 5.74) is 0.596. The molecular formula is C12H9ClN2O2. The molecule has 4 nitrogen and oxygen atoms in total. The molecule has 0 aliphatic carbocycles. The second kappa shape index (κ2) is 5.32. The summed E-state index contributed by atoms with van der Waals surface area (Å²) in [4.78, 5) is 15.3. The normalized spacial score (nSPS) is 10.6. The van der Waals surface area contributed by atoms with Gasteiger partial charge in [-0.3, -0.25) is 4.79 Å². The smallest absolute Gasteiger partial charge is 0.248 e. The zero-order valence-corrected chi connectivity index (χ0v) is 9.52. The first-order chi connectivity index (χ1) is 8.24. The monoisotopic (exact) mass is 248 g/mol. The highest BCUT2D eigenvalue weighted by Gasteiger charge is 1.99. The Morgan fingerprint density at radius 3 is 3.06 bits per heavy atom. The molecule has 5 heteroatoms. The molecule has 0 spiro atoms. The molecule has 0 fully saturated rings. The van der Waals surface area contributed by atoms with Crippen molar-refractivity contribution in [3.63, 3.8) is 0 Å². The number of hydrogen-bond acceptors (Lipinski definition) is 3. The number of rotatable bonds is 3. The van der Waals surface area contributed by atoms with Gasteiger partial charge in [-0.1, -0.05) is 11.6 Å². The second-order valence-corrected chi connectivity index (χ2v) is 3.59. The minimum atomic E-state index is -0.260. The van der Waals surface area contributed by atoms with Crippen LogP contribution >= 0.6 is 11.6 Å². The molecule has 0 radical (unpaired) electrons. The summed E-state index contributed by atoms with van der Waals surface area (Å²) in [6, 6.07) is 6.73. The number of anilines is 1. The van der Waals surface area contributed by atoms with Gasteiger partial charge in [0.15, 0.2) is 0 Å². The third kappa shape index (κ3) is 3.46. The van der Waals surface area contributed by atoms with E-state index in [1.54, 1.807) is 36.6 Å². The number of carbonyl (C=O) groups is 1. The maximum Gasteiger partial charge on any atom is 0.248 e. The van der Waals surface area contributed by atoms with Crippen molar-refractivity contribution in [3.8, 4) is 0 Å². The van der Waals surface area contributed by atoms with Gasteiger partial charge in [-0.25, -0.2) is 4.98 Å². The highest BCUT2D eigenvalue weighted by molar-refractivity contribution is 6.29. The van der Waals surface area contributed by atoms with Crippen LogP contribution in [0, 0.1) is 0 Å². The van der Waals surface area contributed by atoms with Gasteiger partial charge >= 0.3 is 0 Å². The molecule has 1 amide bonds. The van der Waals surface area contributed by atoms with E-state index in [1.807, 2.05) is 0 Å².